The third-order valence-corrected chi connectivity index (χ3v) is 4.32. The topological polar surface area (TPSA) is 32.3 Å². The van der Waals surface area contributed by atoms with E-state index >= 15 is 0 Å². The molecule has 0 aliphatic carbocycles. The van der Waals surface area contributed by atoms with E-state index < -0.39 is 0 Å². The first kappa shape index (κ1) is 16.8. The fourth-order valence-corrected chi connectivity index (χ4v) is 2.87. The summed E-state index contributed by atoms with van der Waals surface area (Å²) in [6.45, 7) is 9.72. The fraction of sp³-hybridized carbons (Fsp3) is 0.611. The lowest BCUT2D eigenvalue weighted by atomic mass is 9.89. The normalized spacial score (nSPS) is 22.5. The van der Waals surface area contributed by atoms with Gasteiger partial charge in [-0.1, -0.05) is 34.1 Å². The van der Waals surface area contributed by atoms with Crippen molar-refractivity contribution in [3.8, 4) is 0 Å². The molecule has 1 aromatic rings. The molecule has 2 atom stereocenters. The molecule has 0 saturated carbocycles. The summed E-state index contributed by atoms with van der Waals surface area (Å²) >= 11 is 0. The number of benzene rings is 1. The third kappa shape index (κ3) is 4.21. The lowest BCUT2D eigenvalue weighted by Crippen LogP contribution is -2.53. The van der Waals surface area contributed by atoms with E-state index in [1.807, 2.05) is 32.9 Å². The number of amides is 1. The minimum Gasteiger partial charge on any atom is -0.369 e. The van der Waals surface area contributed by atoms with Crippen molar-refractivity contribution < 1.29 is 9.18 Å². The van der Waals surface area contributed by atoms with Gasteiger partial charge in [0.2, 0.25) is 5.91 Å². The van der Waals surface area contributed by atoms with Crippen LogP contribution < -0.4 is 10.2 Å². The molecule has 0 bridgehead atoms. The van der Waals surface area contributed by atoms with Crippen LogP contribution in [0.4, 0.5) is 10.1 Å². The largest absolute Gasteiger partial charge is 0.369 e. The third-order valence-electron chi connectivity index (χ3n) is 4.32. The number of nitrogens with zero attached hydrogens (tertiary/aromatic N) is 1. The molecule has 1 amide bonds. The highest BCUT2D eigenvalue weighted by atomic mass is 19.1. The molecule has 2 rings (SSSR count). The number of carbonyl (C=O) groups is 1. The highest BCUT2D eigenvalue weighted by Crippen LogP contribution is 2.26. The zero-order valence-corrected chi connectivity index (χ0v) is 14.0. The van der Waals surface area contributed by atoms with Gasteiger partial charge in [-0.3, -0.25) is 4.79 Å². The Bertz CT molecular complexity index is 507. The maximum Gasteiger partial charge on any atom is 0.225 e. The van der Waals surface area contributed by atoms with Gasteiger partial charge in [-0.05, 0) is 36.6 Å². The van der Waals surface area contributed by atoms with Crippen LogP contribution in [-0.2, 0) is 4.79 Å². The van der Waals surface area contributed by atoms with Crippen molar-refractivity contribution >= 4 is 11.6 Å². The average molecular weight is 306 g/mol. The second-order valence-corrected chi connectivity index (χ2v) is 7.31. The van der Waals surface area contributed by atoms with Crippen LogP contribution in [0.25, 0.3) is 0 Å². The van der Waals surface area contributed by atoms with Gasteiger partial charge in [0.25, 0.3) is 0 Å². The zero-order chi connectivity index (χ0) is 16.3. The molecule has 0 radical (unpaired) electrons. The molecule has 3 nitrogen and oxygen atoms in total. The summed E-state index contributed by atoms with van der Waals surface area (Å²) in [4.78, 5) is 14.5. The van der Waals surface area contributed by atoms with E-state index in [9.17, 15) is 9.18 Å². The minimum atomic E-state index is -0.375. The smallest absolute Gasteiger partial charge is 0.225 e. The molecule has 2 unspecified atom stereocenters. The van der Waals surface area contributed by atoms with Crippen molar-refractivity contribution in [1.82, 2.24) is 5.32 Å². The van der Waals surface area contributed by atoms with Gasteiger partial charge < -0.3 is 10.2 Å². The first-order valence-electron chi connectivity index (χ1n) is 8.11. The summed E-state index contributed by atoms with van der Waals surface area (Å²) < 4.78 is 13.1. The Morgan fingerprint density at radius 2 is 1.91 bits per heavy atom. The second-order valence-electron chi connectivity index (χ2n) is 7.31. The lowest BCUT2D eigenvalue weighted by Gasteiger charge is -2.40. The quantitative estimate of drug-likeness (QED) is 0.925. The Hall–Kier alpha value is -1.58. The van der Waals surface area contributed by atoms with E-state index in [1.165, 1.54) is 12.1 Å². The Balaban J connectivity index is 2.09. The monoisotopic (exact) mass is 306 g/mol. The highest BCUT2D eigenvalue weighted by molar-refractivity contribution is 5.81. The summed E-state index contributed by atoms with van der Waals surface area (Å²) in [6.07, 6.45) is 2.09. The van der Waals surface area contributed by atoms with E-state index in [0.717, 1.165) is 31.6 Å². The number of anilines is 1. The van der Waals surface area contributed by atoms with Crippen LogP contribution in [0.15, 0.2) is 24.3 Å². The molecule has 0 spiro atoms. The summed E-state index contributed by atoms with van der Waals surface area (Å²) in [5, 5.41) is 3.18. The zero-order valence-electron chi connectivity index (χ0n) is 14.0. The highest BCUT2D eigenvalue weighted by Gasteiger charge is 2.30. The van der Waals surface area contributed by atoms with E-state index in [1.54, 1.807) is 0 Å². The van der Waals surface area contributed by atoms with Crippen LogP contribution in [0.5, 0.6) is 0 Å². The van der Waals surface area contributed by atoms with Gasteiger partial charge in [0.05, 0.1) is 0 Å². The van der Waals surface area contributed by atoms with Gasteiger partial charge in [0.15, 0.2) is 0 Å². The lowest BCUT2D eigenvalue weighted by molar-refractivity contribution is -0.129. The molecular weight excluding hydrogens is 279 g/mol. The molecule has 1 N–H and O–H groups in total. The molecule has 1 saturated heterocycles. The number of rotatable bonds is 3. The van der Waals surface area contributed by atoms with Crippen molar-refractivity contribution in [3.05, 3.63) is 30.1 Å². The predicted molar refractivity (Wildman–Crippen MR) is 88.4 cm³/mol. The van der Waals surface area contributed by atoms with Crippen molar-refractivity contribution in [1.29, 1.82) is 0 Å². The van der Waals surface area contributed by atoms with Crippen LogP contribution in [0, 0.1) is 17.2 Å². The van der Waals surface area contributed by atoms with E-state index in [-0.39, 0.29) is 23.2 Å². The van der Waals surface area contributed by atoms with Crippen molar-refractivity contribution in [2.45, 2.75) is 46.6 Å². The number of nitrogens with one attached hydrogen (secondary N) is 1. The molecular formula is C18H27FN2O. The van der Waals surface area contributed by atoms with Gasteiger partial charge in [-0.15, -0.1) is 0 Å². The second kappa shape index (κ2) is 6.67. The predicted octanol–water partition coefficient (Wildman–Crippen LogP) is 3.59. The number of piperidine rings is 1. The maximum atomic E-state index is 13.1. The van der Waals surface area contributed by atoms with E-state index in [4.69, 9.17) is 0 Å². The molecule has 0 aromatic heterocycles. The standard InChI is InChI=1S/C18H27FN2O/c1-5-13-10-15(20-17(22)18(2,3)4)12-21(11-13)16-8-6-14(19)7-9-16/h6-9,13,15H,5,10-12H2,1-4H3,(H,20,22). The molecule has 4 heteroatoms. The minimum absolute atomic E-state index is 0.0910. The SMILES string of the molecule is CCC1CC(NC(=O)C(C)(C)C)CN(c2ccc(F)cc2)C1. The Morgan fingerprint density at radius 1 is 1.27 bits per heavy atom. The Kier molecular flexibility index (Phi) is 5.09. The first-order valence-corrected chi connectivity index (χ1v) is 8.11. The van der Waals surface area contributed by atoms with Crippen LogP contribution in [0.2, 0.25) is 0 Å². The van der Waals surface area contributed by atoms with Crippen LogP contribution in [-0.4, -0.2) is 25.0 Å². The van der Waals surface area contributed by atoms with Crippen LogP contribution >= 0.6 is 0 Å². The molecule has 1 fully saturated rings. The van der Waals surface area contributed by atoms with Gasteiger partial charge in [-0.25, -0.2) is 4.39 Å². The Morgan fingerprint density at radius 3 is 2.45 bits per heavy atom. The van der Waals surface area contributed by atoms with Crippen LogP contribution in [0.3, 0.4) is 0 Å². The number of hydrogen-bond acceptors (Lipinski definition) is 2. The molecule has 1 aliphatic heterocycles. The van der Waals surface area contributed by atoms with Gasteiger partial charge >= 0.3 is 0 Å². The van der Waals surface area contributed by atoms with Crippen molar-refractivity contribution in [2.75, 3.05) is 18.0 Å². The number of hydrogen-bond donors (Lipinski definition) is 1. The summed E-state index contributed by atoms with van der Waals surface area (Å²) in [5.74, 6) is 0.419. The van der Waals surface area contributed by atoms with Crippen LogP contribution in [0.1, 0.15) is 40.5 Å². The first-order chi connectivity index (χ1) is 10.3. The number of halogens is 1. The van der Waals surface area contributed by atoms with Gasteiger partial charge in [-0.2, -0.15) is 0 Å². The van der Waals surface area contributed by atoms with E-state index in [0.29, 0.717) is 5.92 Å². The van der Waals surface area contributed by atoms with Gasteiger partial charge in [0.1, 0.15) is 5.82 Å². The molecule has 1 heterocycles. The molecule has 22 heavy (non-hydrogen) atoms. The summed E-state index contributed by atoms with van der Waals surface area (Å²) in [5.41, 5.74) is 0.648. The van der Waals surface area contributed by atoms with Crippen molar-refractivity contribution in [2.24, 2.45) is 11.3 Å². The summed E-state index contributed by atoms with van der Waals surface area (Å²) in [6, 6.07) is 6.77. The van der Waals surface area contributed by atoms with Crippen molar-refractivity contribution in [3.63, 3.8) is 0 Å². The molecule has 1 aromatic carbocycles. The average Bonchev–Trinajstić information content (AvgIpc) is 2.46. The molecule has 122 valence electrons. The number of carbonyl (C=O) groups excluding carboxylic acids is 1. The fourth-order valence-electron chi connectivity index (χ4n) is 2.87. The maximum absolute atomic E-state index is 13.1. The Labute approximate surface area is 132 Å². The summed E-state index contributed by atoms with van der Waals surface area (Å²) in [7, 11) is 0. The van der Waals surface area contributed by atoms with E-state index in [2.05, 4.69) is 17.1 Å². The molecule has 1 aliphatic rings. The van der Waals surface area contributed by atoms with Gasteiger partial charge in [0, 0.05) is 30.2 Å².